The van der Waals surface area contributed by atoms with Crippen molar-refractivity contribution >= 4 is 55.7 Å². The van der Waals surface area contributed by atoms with E-state index in [0.29, 0.717) is 0 Å². The van der Waals surface area contributed by atoms with Crippen molar-refractivity contribution in [2.45, 2.75) is 10.8 Å². The van der Waals surface area contributed by atoms with Gasteiger partial charge in [-0.3, -0.25) is 0 Å². The van der Waals surface area contributed by atoms with Crippen LogP contribution in [0.5, 0.6) is 0 Å². The lowest BCUT2D eigenvalue weighted by atomic mass is 9.68. The number of nitrogens with zero attached hydrogens (tertiary/aromatic N) is 2. The maximum atomic E-state index is 2.43. The summed E-state index contributed by atoms with van der Waals surface area (Å²) in [6.45, 7) is 0. The van der Waals surface area contributed by atoms with Crippen LogP contribution in [0.25, 0.3) is 66.1 Å². The smallest absolute Gasteiger partial charge is 0.0713 e. The van der Waals surface area contributed by atoms with Gasteiger partial charge in [-0.25, -0.2) is 0 Å². The van der Waals surface area contributed by atoms with Crippen molar-refractivity contribution in [1.82, 2.24) is 0 Å². The molecule has 0 aliphatic heterocycles. The van der Waals surface area contributed by atoms with Crippen LogP contribution in [0.3, 0.4) is 0 Å². The summed E-state index contributed by atoms with van der Waals surface area (Å²) in [5.74, 6) is 0. The summed E-state index contributed by atoms with van der Waals surface area (Å²) in [6, 6.07) is 122. The molecule has 0 amide bonds. The van der Waals surface area contributed by atoms with Crippen LogP contribution in [-0.2, 0) is 10.8 Å². The van der Waals surface area contributed by atoms with E-state index in [1.165, 1.54) is 111 Å². The van der Waals surface area contributed by atoms with Crippen molar-refractivity contribution in [2.24, 2.45) is 0 Å². The Hall–Kier alpha value is -10.8. The normalized spacial score (nSPS) is 13.4. The van der Waals surface area contributed by atoms with Crippen molar-refractivity contribution in [1.29, 1.82) is 0 Å². The monoisotopic (exact) mass is 1070 g/mol. The van der Waals surface area contributed by atoms with Gasteiger partial charge in [-0.15, -0.1) is 0 Å². The van der Waals surface area contributed by atoms with Crippen LogP contribution in [-0.4, -0.2) is 0 Å². The second-order valence-corrected chi connectivity index (χ2v) is 22.7. The molecule has 0 bridgehead atoms. The summed E-state index contributed by atoms with van der Waals surface area (Å²) >= 11 is 0. The molecule has 0 aromatic heterocycles. The highest BCUT2D eigenvalue weighted by molar-refractivity contribution is 6.13. The zero-order valence-corrected chi connectivity index (χ0v) is 46.1. The number of hydrogen-bond acceptors (Lipinski definition) is 2. The Kier molecular flexibility index (Phi) is 10.8. The van der Waals surface area contributed by atoms with Crippen LogP contribution in [0.4, 0.5) is 34.1 Å². The van der Waals surface area contributed by atoms with E-state index < -0.39 is 10.8 Å². The zero-order chi connectivity index (χ0) is 55.3. The number of benzene rings is 14. The number of rotatable bonds is 10. The van der Waals surface area contributed by atoms with Crippen molar-refractivity contribution < 1.29 is 0 Å². The second-order valence-electron chi connectivity index (χ2n) is 22.7. The summed E-state index contributed by atoms with van der Waals surface area (Å²) in [5, 5.41) is 4.88. The van der Waals surface area contributed by atoms with Gasteiger partial charge in [0.05, 0.1) is 10.8 Å². The van der Waals surface area contributed by atoms with Crippen molar-refractivity contribution in [3.05, 3.63) is 372 Å². The van der Waals surface area contributed by atoms with E-state index in [2.05, 4.69) is 337 Å². The van der Waals surface area contributed by atoms with Crippen LogP contribution in [0, 0.1) is 0 Å². The van der Waals surface area contributed by atoms with E-state index >= 15 is 0 Å². The molecular weight excluding hydrogens is 1010 g/mol. The molecule has 0 fully saturated rings. The highest BCUT2D eigenvalue weighted by Gasteiger charge is 2.48. The molecule has 0 spiro atoms. The summed E-state index contributed by atoms with van der Waals surface area (Å²) in [7, 11) is 0. The minimum Gasteiger partial charge on any atom is -0.310 e. The van der Waals surface area contributed by atoms with E-state index in [-0.39, 0.29) is 0 Å². The molecule has 3 aliphatic rings. The Morgan fingerprint density at radius 2 is 0.440 bits per heavy atom. The summed E-state index contributed by atoms with van der Waals surface area (Å²) in [4.78, 5) is 4.85. The molecule has 2 nitrogen and oxygen atoms in total. The van der Waals surface area contributed by atoms with E-state index in [1.54, 1.807) is 0 Å². The average Bonchev–Trinajstić information content (AvgIpc) is 2.10. The summed E-state index contributed by atoms with van der Waals surface area (Å²) in [5.41, 5.74) is 26.3. The lowest BCUT2D eigenvalue weighted by Gasteiger charge is -2.34. The van der Waals surface area contributed by atoms with Gasteiger partial charge in [0.15, 0.2) is 0 Å². The SMILES string of the molecule is c1ccc(N(c2ccc3c(c2)-c2ccccc2C3(c2ccccc2)c2ccccc2)c2ccc3cc4c(cc3c2)-c2cc3ccc(N(c5ccccc5)c5ccc6c(c5)-c5ccccc5C6(c5ccccc5)c5ccccc5)cc3cc2-4)cc1. The Bertz CT molecular complexity index is 4480. The van der Waals surface area contributed by atoms with Crippen LogP contribution in [0.15, 0.2) is 328 Å². The highest BCUT2D eigenvalue weighted by atomic mass is 15.1. The van der Waals surface area contributed by atoms with Crippen molar-refractivity contribution in [2.75, 3.05) is 9.80 Å². The largest absolute Gasteiger partial charge is 0.310 e. The van der Waals surface area contributed by atoms with Gasteiger partial charge in [0, 0.05) is 34.1 Å². The van der Waals surface area contributed by atoms with Crippen LogP contribution in [0.1, 0.15) is 44.5 Å². The molecule has 0 atom stereocenters. The minimum atomic E-state index is -0.459. The topological polar surface area (TPSA) is 6.48 Å². The maximum absolute atomic E-state index is 2.43. The van der Waals surface area contributed by atoms with Gasteiger partial charge in [-0.05, 0) is 208 Å². The Morgan fingerprint density at radius 3 is 0.798 bits per heavy atom. The number of hydrogen-bond donors (Lipinski definition) is 0. The molecule has 0 unspecified atom stereocenters. The van der Waals surface area contributed by atoms with Crippen LogP contribution < -0.4 is 9.80 Å². The third-order valence-corrected chi connectivity index (χ3v) is 18.4. The first kappa shape index (κ1) is 48.0. The lowest BCUT2D eigenvalue weighted by Crippen LogP contribution is -2.28. The van der Waals surface area contributed by atoms with Crippen LogP contribution >= 0.6 is 0 Å². The Morgan fingerprint density at radius 1 is 0.167 bits per heavy atom. The average molecular weight is 1070 g/mol. The van der Waals surface area contributed by atoms with Crippen LogP contribution in [0.2, 0.25) is 0 Å². The predicted molar refractivity (Wildman–Crippen MR) is 350 cm³/mol. The lowest BCUT2D eigenvalue weighted by molar-refractivity contribution is 0.768. The first-order valence-electron chi connectivity index (χ1n) is 29.2. The fourth-order valence-electron chi connectivity index (χ4n) is 14.9. The quantitative estimate of drug-likeness (QED) is 0.135. The van der Waals surface area contributed by atoms with Crippen molar-refractivity contribution in [3.8, 4) is 44.5 Å². The predicted octanol–water partition coefficient (Wildman–Crippen LogP) is 21.3. The Balaban J connectivity index is 0.746. The van der Waals surface area contributed by atoms with E-state index in [4.69, 9.17) is 0 Å². The second kappa shape index (κ2) is 18.9. The molecule has 14 aromatic rings. The first-order valence-corrected chi connectivity index (χ1v) is 29.2. The van der Waals surface area contributed by atoms with Crippen molar-refractivity contribution in [3.63, 3.8) is 0 Å². The van der Waals surface area contributed by atoms with Gasteiger partial charge < -0.3 is 9.80 Å². The van der Waals surface area contributed by atoms with Gasteiger partial charge in [-0.1, -0.05) is 231 Å². The molecule has 84 heavy (non-hydrogen) atoms. The molecule has 17 rings (SSSR count). The highest BCUT2D eigenvalue weighted by Crippen LogP contribution is 2.60. The van der Waals surface area contributed by atoms with Gasteiger partial charge in [-0.2, -0.15) is 0 Å². The molecule has 392 valence electrons. The van der Waals surface area contributed by atoms with Gasteiger partial charge in [0.1, 0.15) is 0 Å². The minimum absolute atomic E-state index is 0.459. The third-order valence-electron chi connectivity index (χ3n) is 18.4. The third kappa shape index (κ3) is 7.04. The van der Waals surface area contributed by atoms with E-state index in [1.807, 2.05) is 0 Å². The maximum Gasteiger partial charge on any atom is 0.0713 e. The molecule has 0 heterocycles. The summed E-state index contributed by atoms with van der Waals surface area (Å²) < 4.78 is 0. The molecule has 0 N–H and O–H groups in total. The molecule has 0 saturated carbocycles. The molecule has 14 aromatic carbocycles. The number of fused-ring (bicyclic) bond motifs is 12. The van der Waals surface area contributed by atoms with Gasteiger partial charge in [0.25, 0.3) is 0 Å². The van der Waals surface area contributed by atoms with Gasteiger partial charge >= 0.3 is 0 Å². The van der Waals surface area contributed by atoms with E-state index in [0.717, 1.165) is 34.1 Å². The molecule has 0 saturated heterocycles. The fraction of sp³-hybridized carbons (Fsp3) is 0.0244. The molecule has 3 aliphatic carbocycles. The molecular formula is C82H54N2. The molecule has 2 heteroatoms. The van der Waals surface area contributed by atoms with E-state index in [9.17, 15) is 0 Å². The number of para-hydroxylation sites is 2. The standard InChI is InChI=1S/C82H54N2/c1-7-23-59(24-8-1)81(60-25-9-2-10-26-60)77-37-21-19-35-69(77)75-53-67(43-45-79(75)81)83(63-31-15-5-16-32-63)65-41-39-55-49-71-73(51-57(55)47-65)72-50-56-40-42-66(48-58(56)52-74(71)72)84(64-33-17-6-18-34-64)68-44-46-80-76(54-68)70-36-20-22-38-78(70)82(80,61-27-11-3-12-28-61)62-29-13-4-14-30-62/h1-54H. The number of anilines is 6. The summed E-state index contributed by atoms with van der Waals surface area (Å²) in [6.07, 6.45) is 0. The van der Waals surface area contributed by atoms with Gasteiger partial charge in [0.2, 0.25) is 0 Å². The zero-order valence-electron chi connectivity index (χ0n) is 46.1. The molecule has 0 radical (unpaired) electrons. The first-order chi connectivity index (χ1) is 41.6. The fourth-order valence-corrected chi connectivity index (χ4v) is 14.9. The Labute approximate surface area is 490 Å².